The fourth-order valence-corrected chi connectivity index (χ4v) is 8.16. The van der Waals surface area contributed by atoms with Crippen LogP contribution in [0.25, 0.3) is 10.8 Å². The molecule has 1 unspecified atom stereocenters. The van der Waals surface area contributed by atoms with Gasteiger partial charge in [0.1, 0.15) is 5.75 Å². The van der Waals surface area contributed by atoms with E-state index in [2.05, 4.69) is 11.0 Å². The number of methoxy groups -OCH3 is 1. The average molecular weight is 749 g/mol. The van der Waals surface area contributed by atoms with Gasteiger partial charge in [0.15, 0.2) is 0 Å². The Hall–Kier alpha value is -3.94. The van der Waals surface area contributed by atoms with Crippen molar-refractivity contribution in [1.29, 1.82) is 5.26 Å². The summed E-state index contributed by atoms with van der Waals surface area (Å²) in [6.45, 7) is 3.30. The first-order chi connectivity index (χ1) is 24.6. The first-order valence-electron chi connectivity index (χ1n) is 17.2. The first kappa shape index (κ1) is 38.3. The van der Waals surface area contributed by atoms with Gasteiger partial charge in [-0.25, -0.2) is 0 Å². The Labute approximate surface area is 312 Å². The molecular formula is C40H43Cl2N3O5S. The van der Waals surface area contributed by atoms with E-state index in [1.807, 2.05) is 54.6 Å². The van der Waals surface area contributed by atoms with Crippen LogP contribution in [0.4, 0.5) is 0 Å². The molecule has 4 aromatic rings. The molecule has 0 radical (unpaired) electrons. The second-order valence-electron chi connectivity index (χ2n) is 13.1. The van der Waals surface area contributed by atoms with Gasteiger partial charge in [0.05, 0.1) is 39.6 Å². The third-order valence-corrected chi connectivity index (χ3v) is 11.5. The summed E-state index contributed by atoms with van der Waals surface area (Å²) < 4.78 is 18.0. The SMILES string of the molecule is COc1ccc(C2CCN(CCC(CN(CCCCC(=O)O)C(=O)c3cc(C#N)cc4ccccc34)c3ccc(Cl)c(Cl)c3)CC2)c([S@](C)=O)c1. The van der Waals surface area contributed by atoms with Crippen molar-refractivity contribution in [1.82, 2.24) is 9.80 Å². The minimum absolute atomic E-state index is 0.0211. The van der Waals surface area contributed by atoms with E-state index in [-0.39, 0.29) is 18.2 Å². The number of ether oxygens (including phenoxy) is 1. The number of rotatable bonds is 15. The number of halogens is 2. The Morgan fingerprint density at radius 2 is 1.80 bits per heavy atom. The molecule has 2 atom stereocenters. The number of amides is 1. The second kappa shape index (κ2) is 18.0. The van der Waals surface area contributed by atoms with E-state index in [1.54, 1.807) is 36.5 Å². The number of carboxylic acid groups (broad SMARTS) is 1. The molecule has 268 valence electrons. The minimum atomic E-state index is -1.13. The third-order valence-electron chi connectivity index (χ3n) is 9.78. The predicted octanol–water partition coefficient (Wildman–Crippen LogP) is 8.51. The van der Waals surface area contributed by atoms with Crippen LogP contribution < -0.4 is 4.74 Å². The molecule has 1 amide bonds. The van der Waals surface area contributed by atoms with Gasteiger partial charge >= 0.3 is 5.97 Å². The molecule has 1 N–H and O–H groups in total. The van der Waals surface area contributed by atoms with Crippen molar-refractivity contribution in [3.05, 3.63) is 105 Å². The van der Waals surface area contributed by atoms with Crippen molar-refractivity contribution in [2.75, 3.05) is 46.1 Å². The van der Waals surface area contributed by atoms with Crippen molar-refractivity contribution in [2.45, 2.75) is 55.3 Å². The average Bonchev–Trinajstić information content (AvgIpc) is 3.14. The number of fused-ring (bicyclic) bond motifs is 1. The summed E-state index contributed by atoms with van der Waals surface area (Å²) in [5.74, 6) is -0.163. The van der Waals surface area contributed by atoms with Crippen molar-refractivity contribution in [2.24, 2.45) is 0 Å². The van der Waals surface area contributed by atoms with E-state index in [0.717, 1.165) is 65.7 Å². The van der Waals surface area contributed by atoms with Crippen LogP contribution in [0.15, 0.2) is 77.7 Å². The molecule has 0 bridgehead atoms. The van der Waals surface area contributed by atoms with Crippen LogP contribution in [0.2, 0.25) is 10.0 Å². The molecule has 1 heterocycles. The number of hydrogen-bond acceptors (Lipinski definition) is 6. The van der Waals surface area contributed by atoms with Gasteiger partial charge in [-0.05, 0) is 116 Å². The molecule has 51 heavy (non-hydrogen) atoms. The van der Waals surface area contributed by atoms with Gasteiger partial charge in [-0.15, -0.1) is 0 Å². The lowest BCUT2D eigenvalue weighted by Gasteiger charge is -2.35. The molecule has 0 saturated carbocycles. The Morgan fingerprint density at radius 3 is 2.49 bits per heavy atom. The maximum Gasteiger partial charge on any atom is 0.303 e. The summed E-state index contributed by atoms with van der Waals surface area (Å²) in [5, 5.41) is 21.5. The fraction of sp³-hybridized carbons (Fsp3) is 0.375. The topological polar surface area (TPSA) is 111 Å². The minimum Gasteiger partial charge on any atom is -0.497 e. The lowest BCUT2D eigenvalue weighted by atomic mass is 9.88. The maximum absolute atomic E-state index is 14.4. The Morgan fingerprint density at radius 1 is 1.04 bits per heavy atom. The maximum atomic E-state index is 14.4. The highest BCUT2D eigenvalue weighted by Crippen LogP contribution is 2.35. The summed E-state index contributed by atoms with van der Waals surface area (Å²) in [4.78, 5) is 30.8. The molecule has 0 spiro atoms. The normalized spacial score (nSPS) is 14.9. The summed E-state index contributed by atoms with van der Waals surface area (Å²) in [6.07, 6.45) is 5.30. The summed E-state index contributed by atoms with van der Waals surface area (Å²) in [5.41, 5.74) is 2.93. The Kier molecular flexibility index (Phi) is 13.5. The summed E-state index contributed by atoms with van der Waals surface area (Å²) in [6, 6.07) is 24.6. The van der Waals surface area contributed by atoms with Gasteiger partial charge in [-0.3, -0.25) is 13.8 Å². The van der Waals surface area contributed by atoms with Gasteiger partial charge in [-0.1, -0.05) is 59.6 Å². The Bertz CT molecular complexity index is 1940. The molecule has 1 aliphatic heterocycles. The highest BCUT2D eigenvalue weighted by molar-refractivity contribution is 7.84. The third kappa shape index (κ3) is 9.90. The van der Waals surface area contributed by atoms with E-state index in [0.29, 0.717) is 58.8 Å². The van der Waals surface area contributed by atoms with Gasteiger partial charge in [0.2, 0.25) is 0 Å². The van der Waals surface area contributed by atoms with Crippen LogP contribution in [0.5, 0.6) is 5.75 Å². The van der Waals surface area contributed by atoms with E-state index in [4.69, 9.17) is 27.9 Å². The van der Waals surface area contributed by atoms with Crippen molar-refractivity contribution in [3.8, 4) is 11.8 Å². The number of carbonyl (C=O) groups is 2. The van der Waals surface area contributed by atoms with E-state index >= 15 is 0 Å². The number of nitrogens with zero attached hydrogens (tertiary/aromatic N) is 3. The smallest absolute Gasteiger partial charge is 0.303 e. The van der Waals surface area contributed by atoms with Crippen molar-refractivity contribution >= 4 is 56.7 Å². The molecule has 1 fully saturated rings. The van der Waals surface area contributed by atoms with Crippen LogP contribution in [-0.2, 0) is 15.6 Å². The molecule has 11 heteroatoms. The molecule has 0 aliphatic carbocycles. The fourth-order valence-electron chi connectivity index (χ4n) is 7.01. The number of carbonyl (C=O) groups excluding carboxylic acids is 1. The van der Waals surface area contributed by atoms with Gasteiger partial charge in [0.25, 0.3) is 5.91 Å². The number of unbranched alkanes of at least 4 members (excludes halogenated alkanes) is 1. The molecule has 1 saturated heterocycles. The molecule has 4 aromatic carbocycles. The quantitative estimate of drug-likeness (QED) is 0.121. The standard InChI is InChI=1S/C40H43Cl2N3O5S/c1-50-32-11-12-34(38(24-32)51(2)49)28-14-18-44(19-15-28)20-16-31(29-10-13-36(41)37(42)23-29)26-45(17-6-5-9-39(46)47)40(48)35-22-27(25-43)21-30-7-3-4-8-33(30)35/h3-4,7-8,10-13,21-24,28,31H,5-6,9,14-20,26H2,1-2H3,(H,46,47)/t31?,51-/m0/s1. The van der Waals surface area contributed by atoms with Crippen LogP contribution in [-0.4, -0.2) is 77.1 Å². The Balaban J connectivity index is 1.37. The highest BCUT2D eigenvalue weighted by atomic mass is 35.5. The van der Waals surface area contributed by atoms with Crippen LogP contribution in [0.3, 0.4) is 0 Å². The van der Waals surface area contributed by atoms with Crippen molar-refractivity contribution < 1.29 is 23.6 Å². The number of likely N-dealkylation sites (tertiary alicyclic amines) is 1. The number of hydrogen-bond donors (Lipinski definition) is 1. The number of piperidine rings is 1. The lowest BCUT2D eigenvalue weighted by molar-refractivity contribution is -0.137. The van der Waals surface area contributed by atoms with E-state index in [1.165, 1.54) is 0 Å². The predicted molar refractivity (Wildman–Crippen MR) is 204 cm³/mol. The number of nitriles is 1. The molecule has 8 nitrogen and oxygen atoms in total. The van der Waals surface area contributed by atoms with Crippen LogP contribution in [0.1, 0.15) is 77.4 Å². The first-order valence-corrected chi connectivity index (χ1v) is 19.5. The van der Waals surface area contributed by atoms with E-state index in [9.17, 15) is 24.2 Å². The van der Waals surface area contributed by atoms with Crippen LogP contribution in [0, 0.1) is 11.3 Å². The highest BCUT2D eigenvalue weighted by Gasteiger charge is 2.27. The number of aliphatic carboxylic acids is 1. The zero-order chi connectivity index (χ0) is 36.5. The van der Waals surface area contributed by atoms with Crippen LogP contribution >= 0.6 is 23.2 Å². The number of benzene rings is 4. The summed E-state index contributed by atoms with van der Waals surface area (Å²) >= 11 is 12.8. The second-order valence-corrected chi connectivity index (χ2v) is 15.3. The zero-order valence-electron chi connectivity index (χ0n) is 28.9. The molecule has 1 aliphatic rings. The van der Waals surface area contributed by atoms with Gasteiger partial charge in [-0.2, -0.15) is 5.26 Å². The lowest BCUT2D eigenvalue weighted by Crippen LogP contribution is -2.38. The molecule has 0 aromatic heterocycles. The molecular weight excluding hydrogens is 705 g/mol. The monoisotopic (exact) mass is 747 g/mol. The zero-order valence-corrected chi connectivity index (χ0v) is 31.3. The number of carboxylic acids is 1. The van der Waals surface area contributed by atoms with E-state index < -0.39 is 16.8 Å². The molecule has 5 rings (SSSR count). The van der Waals surface area contributed by atoms with Gasteiger partial charge < -0.3 is 19.6 Å². The van der Waals surface area contributed by atoms with Crippen molar-refractivity contribution in [3.63, 3.8) is 0 Å². The summed E-state index contributed by atoms with van der Waals surface area (Å²) in [7, 11) is 0.487. The largest absolute Gasteiger partial charge is 0.497 e. The van der Waals surface area contributed by atoms with Gasteiger partial charge in [0, 0.05) is 42.1 Å².